The number of benzene rings is 1. The van der Waals surface area contributed by atoms with Crippen molar-refractivity contribution in [3.8, 4) is 0 Å². The molecule has 0 spiro atoms. The van der Waals surface area contributed by atoms with Gasteiger partial charge in [0.15, 0.2) is 0 Å². The van der Waals surface area contributed by atoms with Gasteiger partial charge in [-0.2, -0.15) is 0 Å². The number of hydrogen-bond acceptors (Lipinski definition) is 2. The normalized spacial score (nSPS) is 21.3. The SMILES string of the molecule is CCC(N)Cc1ccc(N2CCCC2C)cc1Cl. The number of halogens is 1. The lowest BCUT2D eigenvalue weighted by Crippen LogP contribution is -2.26. The van der Waals surface area contributed by atoms with E-state index < -0.39 is 0 Å². The summed E-state index contributed by atoms with van der Waals surface area (Å²) >= 11 is 6.37. The monoisotopic (exact) mass is 266 g/mol. The van der Waals surface area contributed by atoms with Crippen LogP contribution in [0.1, 0.15) is 38.7 Å². The van der Waals surface area contributed by atoms with E-state index in [0.717, 1.165) is 24.4 Å². The van der Waals surface area contributed by atoms with Crippen LogP contribution in [0.25, 0.3) is 0 Å². The summed E-state index contributed by atoms with van der Waals surface area (Å²) in [5.74, 6) is 0. The molecule has 2 rings (SSSR count). The number of rotatable bonds is 4. The van der Waals surface area contributed by atoms with Crippen LogP contribution in [0.15, 0.2) is 18.2 Å². The molecule has 0 aromatic heterocycles. The number of nitrogens with zero attached hydrogens (tertiary/aromatic N) is 1. The van der Waals surface area contributed by atoms with E-state index in [2.05, 4.69) is 36.9 Å². The summed E-state index contributed by atoms with van der Waals surface area (Å²) in [5, 5.41) is 0.857. The maximum atomic E-state index is 6.37. The highest BCUT2D eigenvalue weighted by molar-refractivity contribution is 6.31. The predicted octanol–water partition coefficient (Wildman–Crippen LogP) is 3.61. The van der Waals surface area contributed by atoms with Gasteiger partial charge in [-0.1, -0.05) is 24.6 Å². The van der Waals surface area contributed by atoms with E-state index >= 15 is 0 Å². The highest BCUT2D eigenvalue weighted by atomic mass is 35.5. The highest BCUT2D eigenvalue weighted by Gasteiger charge is 2.21. The van der Waals surface area contributed by atoms with Crippen LogP contribution in [-0.4, -0.2) is 18.6 Å². The summed E-state index contributed by atoms with van der Waals surface area (Å²) in [5.41, 5.74) is 8.40. The summed E-state index contributed by atoms with van der Waals surface area (Å²) in [6, 6.07) is 7.26. The summed E-state index contributed by atoms with van der Waals surface area (Å²) < 4.78 is 0. The van der Waals surface area contributed by atoms with Gasteiger partial charge in [0.1, 0.15) is 0 Å². The number of hydrogen-bond donors (Lipinski definition) is 1. The van der Waals surface area contributed by atoms with Crippen LogP contribution in [0.4, 0.5) is 5.69 Å². The Kier molecular flexibility index (Phi) is 4.52. The molecule has 2 N–H and O–H groups in total. The molecule has 1 saturated heterocycles. The molecule has 1 aliphatic rings. The third kappa shape index (κ3) is 2.99. The molecule has 18 heavy (non-hydrogen) atoms. The zero-order chi connectivity index (χ0) is 13.1. The first-order valence-electron chi connectivity index (χ1n) is 6.92. The molecule has 0 amide bonds. The van der Waals surface area contributed by atoms with Crippen molar-refractivity contribution < 1.29 is 0 Å². The van der Waals surface area contributed by atoms with Crippen LogP contribution >= 0.6 is 11.6 Å². The second-order valence-electron chi connectivity index (χ2n) is 5.33. The van der Waals surface area contributed by atoms with Crippen molar-refractivity contribution in [2.24, 2.45) is 5.73 Å². The van der Waals surface area contributed by atoms with Gasteiger partial charge < -0.3 is 10.6 Å². The van der Waals surface area contributed by atoms with Crippen LogP contribution < -0.4 is 10.6 Å². The van der Waals surface area contributed by atoms with E-state index in [1.165, 1.54) is 24.1 Å². The molecule has 3 heteroatoms. The second-order valence-corrected chi connectivity index (χ2v) is 5.74. The second kappa shape index (κ2) is 5.94. The fourth-order valence-corrected chi connectivity index (χ4v) is 2.88. The summed E-state index contributed by atoms with van der Waals surface area (Å²) in [4.78, 5) is 2.44. The first-order valence-corrected chi connectivity index (χ1v) is 7.30. The van der Waals surface area contributed by atoms with Crippen molar-refractivity contribution in [1.82, 2.24) is 0 Å². The Labute approximate surface area is 115 Å². The van der Waals surface area contributed by atoms with Gasteiger partial charge in [-0.25, -0.2) is 0 Å². The van der Waals surface area contributed by atoms with Crippen molar-refractivity contribution in [1.29, 1.82) is 0 Å². The largest absolute Gasteiger partial charge is 0.369 e. The first-order chi connectivity index (χ1) is 8.61. The molecular weight excluding hydrogens is 244 g/mol. The first kappa shape index (κ1) is 13.7. The van der Waals surface area contributed by atoms with Crippen LogP contribution in [0.3, 0.4) is 0 Å². The van der Waals surface area contributed by atoms with Crippen molar-refractivity contribution in [3.63, 3.8) is 0 Å². The molecule has 0 bridgehead atoms. The van der Waals surface area contributed by atoms with E-state index in [0.29, 0.717) is 6.04 Å². The topological polar surface area (TPSA) is 29.3 Å². The minimum absolute atomic E-state index is 0.207. The van der Waals surface area contributed by atoms with Gasteiger partial charge in [0.2, 0.25) is 0 Å². The fraction of sp³-hybridized carbons (Fsp3) is 0.600. The Morgan fingerprint density at radius 1 is 1.50 bits per heavy atom. The van der Waals surface area contributed by atoms with E-state index in [1.54, 1.807) is 0 Å². The average Bonchev–Trinajstić information content (AvgIpc) is 2.78. The van der Waals surface area contributed by atoms with Gasteiger partial charge in [0.05, 0.1) is 0 Å². The lowest BCUT2D eigenvalue weighted by Gasteiger charge is -2.24. The van der Waals surface area contributed by atoms with Gasteiger partial charge in [-0.15, -0.1) is 0 Å². The summed E-state index contributed by atoms with van der Waals surface area (Å²) in [6.07, 6.45) is 4.41. The predicted molar refractivity (Wildman–Crippen MR) is 79.5 cm³/mol. The van der Waals surface area contributed by atoms with Crippen molar-refractivity contribution in [2.45, 2.75) is 51.6 Å². The van der Waals surface area contributed by atoms with Crippen molar-refractivity contribution in [2.75, 3.05) is 11.4 Å². The van der Waals surface area contributed by atoms with Gasteiger partial charge in [0, 0.05) is 29.3 Å². The van der Waals surface area contributed by atoms with E-state index in [4.69, 9.17) is 17.3 Å². The van der Waals surface area contributed by atoms with Crippen molar-refractivity contribution >= 4 is 17.3 Å². The molecule has 0 saturated carbocycles. The summed E-state index contributed by atoms with van der Waals surface area (Å²) in [6.45, 7) is 5.53. The van der Waals surface area contributed by atoms with Crippen LogP contribution in [0, 0.1) is 0 Å². The van der Waals surface area contributed by atoms with Crippen LogP contribution in [0.2, 0.25) is 5.02 Å². The number of nitrogens with two attached hydrogens (primary N) is 1. The highest BCUT2D eigenvalue weighted by Crippen LogP contribution is 2.29. The van der Waals surface area contributed by atoms with Crippen LogP contribution in [0.5, 0.6) is 0 Å². The van der Waals surface area contributed by atoms with Crippen molar-refractivity contribution in [3.05, 3.63) is 28.8 Å². The minimum atomic E-state index is 0.207. The van der Waals surface area contributed by atoms with Gasteiger partial charge >= 0.3 is 0 Å². The molecular formula is C15H23ClN2. The van der Waals surface area contributed by atoms with Gasteiger partial charge in [-0.05, 0) is 50.3 Å². The minimum Gasteiger partial charge on any atom is -0.369 e. The molecule has 1 aromatic rings. The lowest BCUT2D eigenvalue weighted by molar-refractivity contribution is 0.646. The maximum absolute atomic E-state index is 6.37. The maximum Gasteiger partial charge on any atom is 0.0459 e. The fourth-order valence-electron chi connectivity index (χ4n) is 2.62. The quantitative estimate of drug-likeness (QED) is 0.902. The molecule has 1 heterocycles. The third-order valence-electron chi connectivity index (χ3n) is 3.93. The lowest BCUT2D eigenvalue weighted by atomic mass is 10.0. The Bertz CT molecular complexity index is 405. The van der Waals surface area contributed by atoms with E-state index in [9.17, 15) is 0 Å². The Hall–Kier alpha value is -0.730. The Balaban J connectivity index is 2.14. The Morgan fingerprint density at radius 2 is 2.28 bits per heavy atom. The zero-order valence-corrected chi connectivity index (χ0v) is 12.1. The standard InChI is InChI=1S/C15H23ClN2/c1-3-13(17)9-12-6-7-14(10-15(12)16)18-8-4-5-11(18)2/h6-7,10-11,13H,3-5,8-9,17H2,1-2H3. The van der Waals surface area contributed by atoms with Crippen LogP contribution in [-0.2, 0) is 6.42 Å². The molecule has 2 atom stereocenters. The molecule has 1 aromatic carbocycles. The van der Waals surface area contributed by atoms with E-state index in [1.807, 2.05) is 0 Å². The van der Waals surface area contributed by atoms with Gasteiger partial charge in [-0.3, -0.25) is 0 Å². The zero-order valence-electron chi connectivity index (χ0n) is 11.3. The average molecular weight is 267 g/mol. The third-order valence-corrected chi connectivity index (χ3v) is 4.28. The smallest absolute Gasteiger partial charge is 0.0459 e. The molecule has 2 unspecified atom stereocenters. The number of anilines is 1. The molecule has 1 fully saturated rings. The molecule has 0 aliphatic carbocycles. The molecule has 0 radical (unpaired) electrons. The van der Waals surface area contributed by atoms with Gasteiger partial charge in [0.25, 0.3) is 0 Å². The summed E-state index contributed by atoms with van der Waals surface area (Å²) in [7, 11) is 0. The molecule has 1 aliphatic heterocycles. The molecule has 100 valence electrons. The van der Waals surface area contributed by atoms with E-state index in [-0.39, 0.29) is 6.04 Å². The molecule has 2 nitrogen and oxygen atoms in total. The Morgan fingerprint density at radius 3 is 2.83 bits per heavy atom.